The molecule has 1 amide bonds. The SMILES string of the molecule is C=CC(=O)Nc1ccc(C2CCC(C3CCC(CCCCC)CC3)CC2)cc1. The number of rotatable bonds is 8. The van der Waals surface area contributed by atoms with Crippen molar-refractivity contribution in [2.75, 3.05) is 5.32 Å². The molecule has 0 bridgehead atoms. The van der Waals surface area contributed by atoms with E-state index >= 15 is 0 Å². The van der Waals surface area contributed by atoms with Gasteiger partial charge in [-0.1, -0.05) is 64.2 Å². The first-order valence-corrected chi connectivity index (χ1v) is 11.7. The molecule has 2 heteroatoms. The average Bonchev–Trinajstić information content (AvgIpc) is 2.75. The van der Waals surface area contributed by atoms with Crippen LogP contribution in [0.1, 0.15) is 95.5 Å². The summed E-state index contributed by atoms with van der Waals surface area (Å²) in [6.07, 6.45) is 18.5. The molecule has 2 aliphatic rings. The summed E-state index contributed by atoms with van der Waals surface area (Å²) in [5, 5.41) is 2.83. The number of amides is 1. The van der Waals surface area contributed by atoms with Crippen molar-refractivity contribution in [2.24, 2.45) is 17.8 Å². The zero-order valence-electron chi connectivity index (χ0n) is 17.8. The summed E-state index contributed by atoms with van der Waals surface area (Å²) in [7, 11) is 0. The molecule has 0 aliphatic heterocycles. The second kappa shape index (κ2) is 10.8. The molecule has 3 rings (SSSR count). The van der Waals surface area contributed by atoms with Crippen LogP contribution in [-0.2, 0) is 4.79 Å². The fourth-order valence-corrected chi connectivity index (χ4v) is 5.59. The molecule has 0 spiro atoms. The number of nitrogens with one attached hydrogen (secondary N) is 1. The normalized spacial score (nSPS) is 27.9. The third kappa shape index (κ3) is 5.96. The van der Waals surface area contributed by atoms with E-state index in [4.69, 9.17) is 0 Å². The van der Waals surface area contributed by atoms with Crippen molar-refractivity contribution in [1.29, 1.82) is 0 Å². The Labute approximate surface area is 172 Å². The largest absolute Gasteiger partial charge is 0.323 e. The fraction of sp³-hybridized carbons (Fsp3) is 0.654. The minimum atomic E-state index is -0.145. The molecule has 2 aliphatic carbocycles. The van der Waals surface area contributed by atoms with Crippen LogP contribution in [0.5, 0.6) is 0 Å². The Morgan fingerprint density at radius 1 is 0.964 bits per heavy atom. The highest BCUT2D eigenvalue weighted by Gasteiger charge is 2.31. The van der Waals surface area contributed by atoms with Crippen LogP contribution in [0.3, 0.4) is 0 Å². The molecular weight excluding hydrogens is 342 g/mol. The smallest absolute Gasteiger partial charge is 0.247 e. The molecule has 0 saturated heterocycles. The van der Waals surface area contributed by atoms with Gasteiger partial charge in [-0.05, 0) is 86.0 Å². The van der Waals surface area contributed by atoms with E-state index in [2.05, 4.69) is 31.0 Å². The molecule has 2 nitrogen and oxygen atoms in total. The van der Waals surface area contributed by atoms with Gasteiger partial charge in [-0.2, -0.15) is 0 Å². The van der Waals surface area contributed by atoms with Crippen molar-refractivity contribution < 1.29 is 4.79 Å². The van der Waals surface area contributed by atoms with Gasteiger partial charge in [0, 0.05) is 5.69 Å². The molecule has 0 heterocycles. The van der Waals surface area contributed by atoms with E-state index in [1.807, 2.05) is 12.1 Å². The summed E-state index contributed by atoms with van der Waals surface area (Å²) < 4.78 is 0. The number of hydrogen-bond acceptors (Lipinski definition) is 1. The summed E-state index contributed by atoms with van der Waals surface area (Å²) in [5.74, 6) is 3.55. The van der Waals surface area contributed by atoms with E-state index in [1.165, 1.54) is 88.7 Å². The Morgan fingerprint density at radius 3 is 2.14 bits per heavy atom. The van der Waals surface area contributed by atoms with Crippen LogP contribution in [0.2, 0.25) is 0 Å². The van der Waals surface area contributed by atoms with Gasteiger partial charge >= 0.3 is 0 Å². The zero-order valence-corrected chi connectivity index (χ0v) is 17.8. The quantitative estimate of drug-likeness (QED) is 0.367. The van der Waals surface area contributed by atoms with E-state index in [9.17, 15) is 4.79 Å². The predicted molar refractivity (Wildman–Crippen MR) is 120 cm³/mol. The number of carbonyl (C=O) groups is 1. The first kappa shape index (κ1) is 21.1. The van der Waals surface area contributed by atoms with Crippen LogP contribution < -0.4 is 5.32 Å². The summed E-state index contributed by atoms with van der Waals surface area (Å²) in [5.41, 5.74) is 2.30. The van der Waals surface area contributed by atoms with Crippen molar-refractivity contribution in [3.8, 4) is 0 Å². The zero-order chi connectivity index (χ0) is 19.8. The van der Waals surface area contributed by atoms with Crippen LogP contribution in [0.4, 0.5) is 5.69 Å². The van der Waals surface area contributed by atoms with Crippen molar-refractivity contribution in [3.05, 3.63) is 42.5 Å². The fourth-order valence-electron chi connectivity index (χ4n) is 5.59. The maximum atomic E-state index is 11.4. The maximum Gasteiger partial charge on any atom is 0.247 e. The van der Waals surface area contributed by atoms with Gasteiger partial charge in [0.25, 0.3) is 0 Å². The number of carbonyl (C=O) groups excluding carboxylic acids is 1. The third-order valence-corrected chi connectivity index (χ3v) is 7.38. The molecule has 154 valence electrons. The van der Waals surface area contributed by atoms with Crippen LogP contribution >= 0.6 is 0 Å². The van der Waals surface area contributed by atoms with Gasteiger partial charge in [0.15, 0.2) is 0 Å². The van der Waals surface area contributed by atoms with E-state index in [1.54, 1.807) is 0 Å². The van der Waals surface area contributed by atoms with E-state index < -0.39 is 0 Å². The maximum absolute atomic E-state index is 11.4. The summed E-state index contributed by atoms with van der Waals surface area (Å²) in [6, 6.07) is 8.46. The van der Waals surface area contributed by atoms with E-state index in [-0.39, 0.29) is 5.91 Å². The van der Waals surface area contributed by atoms with Gasteiger partial charge in [-0.25, -0.2) is 0 Å². The van der Waals surface area contributed by atoms with Crippen molar-refractivity contribution >= 4 is 11.6 Å². The van der Waals surface area contributed by atoms with Crippen LogP contribution in [0.15, 0.2) is 36.9 Å². The van der Waals surface area contributed by atoms with Gasteiger partial charge in [0.1, 0.15) is 0 Å². The van der Waals surface area contributed by atoms with Crippen LogP contribution in [0.25, 0.3) is 0 Å². The molecule has 1 N–H and O–H groups in total. The molecule has 0 aromatic heterocycles. The highest BCUT2D eigenvalue weighted by molar-refractivity contribution is 5.98. The van der Waals surface area contributed by atoms with E-state index in [0.29, 0.717) is 5.92 Å². The number of benzene rings is 1. The molecule has 0 radical (unpaired) electrons. The minimum Gasteiger partial charge on any atom is -0.323 e. The monoisotopic (exact) mass is 381 g/mol. The highest BCUT2D eigenvalue weighted by Crippen LogP contribution is 2.44. The Kier molecular flexibility index (Phi) is 8.18. The summed E-state index contributed by atoms with van der Waals surface area (Å²) >= 11 is 0. The van der Waals surface area contributed by atoms with Crippen molar-refractivity contribution in [2.45, 2.75) is 89.9 Å². The van der Waals surface area contributed by atoms with Gasteiger partial charge < -0.3 is 5.32 Å². The second-order valence-corrected chi connectivity index (χ2v) is 9.20. The lowest BCUT2D eigenvalue weighted by Gasteiger charge is -2.38. The number of hydrogen-bond donors (Lipinski definition) is 1. The lowest BCUT2D eigenvalue weighted by molar-refractivity contribution is -0.111. The lowest BCUT2D eigenvalue weighted by Crippen LogP contribution is -2.25. The summed E-state index contributed by atoms with van der Waals surface area (Å²) in [4.78, 5) is 11.4. The van der Waals surface area contributed by atoms with Crippen molar-refractivity contribution in [3.63, 3.8) is 0 Å². The molecule has 2 fully saturated rings. The topological polar surface area (TPSA) is 29.1 Å². The minimum absolute atomic E-state index is 0.145. The van der Waals surface area contributed by atoms with Crippen LogP contribution in [-0.4, -0.2) is 5.91 Å². The molecular formula is C26H39NO. The van der Waals surface area contributed by atoms with Gasteiger partial charge in [0.2, 0.25) is 5.91 Å². The number of anilines is 1. The Hall–Kier alpha value is -1.57. The summed E-state index contributed by atoms with van der Waals surface area (Å²) in [6.45, 7) is 5.81. The van der Waals surface area contributed by atoms with Crippen molar-refractivity contribution in [1.82, 2.24) is 0 Å². The number of unbranched alkanes of at least 4 members (excludes halogenated alkanes) is 2. The molecule has 1 aromatic carbocycles. The van der Waals surface area contributed by atoms with Gasteiger partial charge in [-0.3, -0.25) is 4.79 Å². The lowest BCUT2D eigenvalue weighted by atomic mass is 9.68. The second-order valence-electron chi connectivity index (χ2n) is 9.20. The molecule has 2 saturated carbocycles. The highest BCUT2D eigenvalue weighted by atomic mass is 16.1. The van der Waals surface area contributed by atoms with Gasteiger partial charge in [-0.15, -0.1) is 0 Å². The standard InChI is InChI=1S/C26H39NO/c1-3-5-6-7-20-8-10-21(11-9-20)22-12-14-23(15-13-22)24-16-18-25(19-17-24)27-26(28)4-2/h4,16-23H,2-3,5-15H2,1H3,(H,27,28). The first-order valence-electron chi connectivity index (χ1n) is 11.7. The molecule has 28 heavy (non-hydrogen) atoms. The Balaban J connectivity index is 1.41. The molecule has 0 unspecified atom stereocenters. The Morgan fingerprint density at radius 2 is 1.57 bits per heavy atom. The molecule has 1 aromatic rings. The van der Waals surface area contributed by atoms with Gasteiger partial charge in [0.05, 0.1) is 0 Å². The average molecular weight is 382 g/mol. The Bertz CT molecular complexity index is 604. The predicted octanol–water partition coefficient (Wildman–Crippen LogP) is 7.47. The van der Waals surface area contributed by atoms with Crippen LogP contribution in [0, 0.1) is 17.8 Å². The third-order valence-electron chi connectivity index (χ3n) is 7.38. The first-order chi connectivity index (χ1) is 13.7. The van der Waals surface area contributed by atoms with E-state index in [0.717, 1.165) is 23.4 Å². The molecule has 0 atom stereocenters.